The van der Waals surface area contributed by atoms with E-state index in [-0.39, 0.29) is 30.7 Å². The molecule has 2 aromatic carbocycles. The van der Waals surface area contributed by atoms with Crippen LogP contribution in [-0.4, -0.2) is 49.5 Å². The molecule has 0 spiro atoms. The van der Waals surface area contributed by atoms with E-state index in [9.17, 15) is 4.79 Å². The Labute approximate surface area is 197 Å². The minimum Gasteiger partial charge on any atom is -0.378 e. The van der Waals surface area contributed by atoms with Gasteiger partial charge in [-0.2, -0.15) is 0 Å². The number of carbonyl (C=O) groups excluding carboxylic acids is 1. The molecule has 0 radical (unpaired) electrons. The molecular weight excluding hydrogens is 431 g/mol. The summed E-state index contributed by atoms with van der Waals surface area (Å²) >= 11 is 0. The van der Waals surface area contributed by atoms with Crippen LogP contribution in [0.3, 0.4) is 0 Å². The third-order valence-corrected chi connectivity index (χ3v) is 4.90. The van der Waals surface area contributed by atoms with Gasteiger partial charge in [-0.1, -0.05) is 42.5 Å². The Morgan fingerprint density at radius 2 is 1.58 bits per heavy atom. The first kappa shape index (κ1) is 26.4. The first-order valence-corrected chi connectivity index (χ1v) is 9.84. The molecule has 0 saturated carbocycles. The average molecular weight is 461 g/mol. The van der Waals surface area contributed by atoms with Crippen molar-refractivity contribution in [3.8, 4) is 11.1 Å². The summed E-state index contributed by atoms with van der Waals surface area (Å²) < 4.78 is 0. The number of aromatic nitrogens is 1. The topological polar surface area (TPSA) is 62.5 Å². The molecular formula is C24H30Cl2N4O. The molecule has 0 aliphatic heterocycles. The Kier molecular flexibility index (Phi) is 11.0. The van der Waals surface area contributed by atoms with Gasteiger partial charge in [-0.25, -0.2) is 0 Å². The minimum atomic E-state index is -0.0364. The lowest BCUT2D eigenvalue weighted by Gasteiger charge is -2.22. The number of amides is 1. The van der Waals surface area contributed by atoms with Crippen molar-refractivity contribution in [1.82, 2.24) is 9.88 Å². The van der Waals surface area contributed by atoms with Crippen LogP contribution in [0.25, 0.3) is 11.1 Å². The minimum absolute atomic E-state index is 0. The van der Waals surface area contributed by atoms with Crippen molar-refractivity contribution < 1.29 is 4.79 Å². The number of nitrogens with zero attached hydrogens (tertiary/aromatic N) is 3. The molecule has 3 rings (SSSR count). The zero-order valence-corrected chi connectivity index (χ0v) is 19.5. The van der Waals surface area contributed by atoms with Crippen LogP contribution in [0.15, 0.2) is 73.1 Å². The van der Waals surface area contributed by atoms with Crippen LogP contribution in [0.1, 0.15) is 15.9 Å². The highest BCUT2D eigenvalue weighted by Crippen LogP contribution is 2.23. The molecule has 2 N–H and O–H groups in total. The van der Waals surface area contributed by atoms with E-state index < -0.39 is 0 Å². The lowest BCUT2D eigenvalue weighted by molar-refractivity contribution is 0.0761. The van der Waals surface area contributed by atoms with Gasteiger partial charge in [0.15, 0.2) is 0 Å². The molecule has 0 saturated heterocycles. The zero-order valence-electron chi connectivity index (χ0n) is 17.9. The summed E-state index contributed by atoms with van der Waals surface area (Å²) in [5.74, 6) is -0.0364. The maximum atomic E-state index is 13.1. The number of hydrogen-bond acceptors (Lipinski definition) is 4. The van der Waals surface area contributed by atoms with E-state index in [0.29, 0.717) is 25.2 Å². The fraction of sp³-hybridized carbons (Fsp3) is 0.250. The molecule has 1 amide bonds. The average Bonchev–Trinajstić information content (AvgIpc) is 2.77. The molecule has 5 nitrogen and oxygen atoms in total. The fourth-order valence-corrected chi connectivity index (χ4v) is 3.23. The molecule has 0 atom stereocenters. The summed E-state index contributed by atoms with van der Waals surface area (Å²) in [6.45, 7) is 1.58. The van der Waals surface area contributed by atoms with Gasteiger partial charge in [-0.05, 0) is 35.7 Å². The van der Waals surface area contributed by atoms with E-state index in [0.717, 1.165) is 23.2 Å². The van der Waals surface area contributed by atoms with Crippen LogP contribution >= 0.6 is 24.8 Å². The van der Waals surface area contributed by atoms with Gasteiger partial charge in [-0.3, -0.25) is 9.78 Å². The number of halogens is 2. The fourth-order valence-electron chi connectivity index (χ4n) is 3.23. The SMILES string of the molecule is CN(C)c1ccc(-c2cncc(C(=O)N(CCN)CCc3ccccc3)c2)cc1.Cl.Cl. The molecule has 0 aliphatic rings. The lowest BCUT2D eigenvalue weighted by Crippen LogP contribution is -2.37. The van der Waals surface area contributed by atoms with Gasteiger partial charge in [0, 0.05) is 57.4 Å². The number of pyridine rings is 1. The van der Waals surface area contributed by atoms with Crippen LogP contribution in [-0.2, 0) is 6.42 Å². The predicted octanol–water partition coefficient (Wildman–Crippen LogP) is 4.30. The second-order valence-electron chi connectivity index (χ2n) is 7.22. The van der Waals surface area contributed by atoms with Crippen molar-refractivity contribution in [3.05, 3.63) is 84.2 Å². The van der Waals surface area contributed by atoms with Crippen molar-refractivity contribution in [2.45, 2.75) is 6.42 Å². The summed E-state index contributed by atoms with van der Waals surface area (Å²) in [6, 6.07) is 20.3. The molecule has 0 bridgehead atoms. The number of benzene rings is 2. The number of carbonyl (C=O) groups is 1. The van der Waals surface area contributed by atoms with E-state index >= 15 is 0 Å². The van der Waals surface area contributed by atoms with Gasteiger partial charge in [-0.15, -0.1) is 24.8 Å². The molecule has 7 heteroatoms. The second kappa shape index (κ2) is 13.0. The normalized spacial score (nSPS) is 9.90. The molecule has 0 fully saturated rings. The predicted molar refractivity (Wildman–Crippen MR) is 134 cm³/mol. The lowest BCUT2D eigenvalue weighted by atomic mass is 10.0. The highest BCUT2D eigenvalue weighted by molar-refractivity contribution is 5.95. The van der Waals surface area contributed by atoms with E-state index in [1.165, 1.54) is 5.56 Å². The Hall–Kier alpha value is -2.60. The van der Waals surface area contributed by atoms with Crippen LogP contribution in [0.4, 0.5) is 5.69 Å². The largest absolute Gasteiger partial charge is 0.378 e. The molecule has 1 aromatic heterocycles. The summed E-state index contributed by atoms with van der Waals surface area (Å²) in [5.41, 5.74) is 10.6. The quantitative estimate of drug-likeness (QED) is 0.543. The standard InChI is InChI=1S/C24H28N4O.2ClH/c1-27(2)23-10-8-20(9-11-23)21-16-22(18-26-17-21)24(29)28(15-13-25)14-12-19-6-4-3-5-7-19;;/h3-11,16-18H,12-15,25H2,1-2H3;2*1H. The molecule has 3 aromatic rings. The van der Waals surface area contributed by atoms with Crippen LogP contribution < -0.4 is 10.6 Å². The van der Waals surface area contributed by atoms with Crippen molar-refractivity contribution >= 4 is 36.4 Å². The van der Waals surface area contributed by atoms with Gasteiger partial charge in [0.05, 0.1) is 5.56 Å². The summed E-state index contributed by atoms with van der Waals surface area (Å²) in [6.07, 6.45) is 4.22. The molecule has 31 heavy (non-hydrogen) atoms. The van der Waals surface area contributed by atoms with E-state index in [1.54, 1.807) is 12.4 Å². The van der Waals surface area contributed by atoms with Crippen molar-refractivity contribution in [2.24, 2.45) is 5.73 Å². The van der Waals surface area contributed by atoms with Crippen molar-refractivity contribution in [2.75, 3.05) is 38.6 Å². The van der Waals surface area contributed by atoms with Crippen LogP contribution in [0.2, 0.25) is 0 Å². The maximum Gasteiger partial charge on any atom is 0.255 e. The Morgan fingerprint density at radius 1 is 0.903 bits per heavy atom. The van der Waals surface area contributed by atoms with Gasteiger partial charge >= 0.3 is 0 Å². The van der Waals surface area contributed by atoms with Crippen LogP contribution in [0.5, 0.6) is 0 Å². The molecule has 1 heterocycles. The summed E-state index contributed by atoms with van der Waals surface area (Å²) in [4.78, 5) is 21.3. The van der Waals surface area contributed by atoms with Crippen molar-refractivity contribution in [3.63, 3.8) is 0 Å². The highest BCUT2D eigenvalue weighted by Gasteiger charge is 2.16. The van der Waals surface area contributed by atoms with Gasteiger partial charge in [0.25, 0.3) is 5.91 Å². The molecule has 0 aliphatic carbocycles. The van der Waals surface area contributed by atoms with E-state index in [1.807, 2.05) is 55.4 Å². The molecule has 166 valence electrons. The zero-order chi connectivity index (χ0) is 20.6. The molecule has 0 unspecified atom stereocenters. The first-order chi connectivity index (χ1) is 14.1. The van der Waals surface area contributed by atoms with Gasteiger partial charge in [0.1, 0.15) is 0 Å². The van der Waals surface area contributed by atoms with E-state index in [4.69, 9.17) is 5.73 Å². The highest BCUT2D eigenvalue weighted by atomic mass is 35.5. The Morgan fingerprint density at radius 3 is 2.19 bits per heavy atom. The summed E-state index contributed by atoms with van der Waals surface area (Å²) in [5, 5.41) is 0. The monoisotopic (exact) mass is 460 g/mol. The second-order valence-corrected chi connectivity index (χ2v) is 7.22. The summed E-state index contributed by atoms with van der Waals surface area (Å²) in [7, 11) is 4.02. The van der Waals surface area contributed by atoms with Gasteiger partial charge < -0.3 is 15.5 Å². The van der Waals surface area contributed by atoms with Crippen LogP contribution in [0, 0.1) is 0 Å². The van der Waals surface area contributed by atoms with Crippen molar-refractivity contribution in [1.29, 1.82) is 0 Å². The van der Waals surface area contributed by atoms with E-state index in [2.05, 4.69) is 34.1 Å². The third kappa shape index (κ3) is 7.24. The van der Waals surface area contributed by atoms with Gasteiger partial charge in [0.2, 0.25) is 0 Å². The third-order valence-electron chi connectivity index (χ3n) is 4.90. The maximum absolute atomic E-state index is 13.1. The Balaban J connectivity index is 0.00000240. The number of hydrogen-bond donors (Lipinski definition) is 1. The first-order valence-electron chi connectivity index (χ1n) is 9.84. The number of anilines is 1. The number of nitrogens with two attached hydrogens (primary N) is 1. The Bertz CT molecular complexity index is 934. The smallest absolute Gasteiger partial charge is 0.255 e. The number of rotatable bonds is 8.